The molecular formula is C23H18Cl2N2O3S2. The molecule has 2 atom stereocenters. The quantitative estimate of drug-likeness (QED) is 0.329. The fourth-order valence-electron chi connectivity index (χ4n) is 3.27. The average Bonchev–Trinajstić information content (AvgIpc) is 3.33. The third-order valence-electron chi connectivity index (χ3n) is 4.95. The van der Waals surface area contributed by atoms with Gasteiger partial charge >= 0.3 is 0 Å². The lowest BCUT2D eigenvalue weighted by Crippen LogP contribution is -2.19. The van der Waals surface area contributed by atoms with Gasteiger partial charge in [0.1, 0.15) is 5.25 Å². The standard InChI is InChI=1S/C23H18Cl2N2O3S2/c24-21-11-10-20(14-22(21)25)32(29,30)23(15-27-13-12-26-16-27)17-6-8-19(9-7-17)31(28)18-4-2-1-3-5-18/h1-14,16,23H,15H2. The fourth-order valence-corrected chi connectivity index (χ4v) is 6.45. The van der Waals surface area contributed by atoms with Gasteiger partial charge in [0.15, 0.2) is 9.84 Å². The third-order valence-corrected chi connectivity index (χ3v) is 9.17. The van der Waals surface area contributed by atoms with Gasteiger partial charge in [-0.05, 0) is 48.0 Å². The van der Waals surface area contributed by atoms with E-state index in [0.29, 0.717) is 15.4 Å². The Balaban J connectivity index is 1.72. The summed E-state index contributed by atoms with van der Waals surface area (Å²) in [6, 6.07) is 20.2. The van der Waals surface area contributed by atoms with Crippen LogP contribution in [0.2, 0.25) is 10.0 Å². The second-order valence-corrected chi connectivity index (χ2v) is 11.4. The van der Waals surface area contributed by atoms with E-state index in [4.69, 9.17) is 23.2 Å². The zero-order valence-corrected chi connectivity index (χ0v) is 19.8. The van der Waals surface area contributed by atoms with Crippen LogP contribution in [0.25, 0.3) is 0 Å². The Kier molecular flexibility index (Phi) is 6.81. The molecule has 32 heavy (non-hydrogen) atoms. The topological polar surface area (TPSA) is 69.0 Å². The van der Waals surface area contributed by atoms with Gasteiger partial charge in [0, 0.05) is 28.7 Å². The van der Waals surface area contributed by atoms with Crippen LogP contribution in [0, 0.1) is 0 Å². The molecule has 164 valence electrons. The highest BCUT2D eigenvalue weighted by Gasteiger charge is 2.30. The average molecular weight is 505 g/mol. The second kappa shape index (κ2) is 9.58. The van der Waals surface area contributed by atoms with Crippen LogP contribution in [0.5, 0.6) is 0 Å². The summed E-state index contributed by atoms with van der Waals surface area (Å²) >= 11 is 12.1. The first-order valence-corrected chi connectivity index (χ1v) is 13.0. The molecule has 0 radical (unpaired) electrons. The SMILES string of the molecule is O=S(c1ccccc1)c1ccc(C(Cn2ccnc2)S(=O)(=O)c2ccc(Cl)c(Cl)c2)cc1. The molecule has 0 aliphatic rings. The molecule has 1 aromatic heterocycles. The summed E-state index contributed by atoms with van der Waals surface area (Å²) in [6.45, 7) is 0.156. The molecule has 0 aliphatic heterocycles. The summed E-state index contributed by atoms with van der Waals surface area (Å²) in [7, 11) is -5.18. The number of aromatic nitrogens is 2. The summed E-state index contributed by atoms with van der Waals surface area (Å²) < 4.78 is 41.7. The molecule has 0 saturated heterocycles. The van der Waals surface area contributed by atoms with E-state index >= 15 is 0 Å². The van der Waals surface area contributed by atoms with Crippen LogP contribution >= 0.6 is 23.2 Å². The van der Waals surface area contributed by atoms with Crippen LogP contribution in [0.4, 0.5) is 0 Å². The zero-order chi connectivity index (χ0) is 22.7. The van der Waals surface area contributed by atoms with Gasteiger partial charge in [0.05, 0.1) is 32.1 Å². The maximum Gasteiger partial charge on any atom is 0.187 e. The molecular weight excluding hydrogens is 487 g/mol. The molecule has 1 heterocycles. The maximum absolute atomic E-state index is 13.6. The van der Waals surface area contributed by atoms with Crippen LogP contribution in [-0.2, 0) is 27.2 Å². The molecule has 2 unspecified atom stereocenters. The van der Waals surface area contributed by atoms with Crippen LogP contribution in [-0.4, -0.2) is 22.2 Å². The van der Waals surface area contributed by atoms with Crippen LogP contribution in [0.3, 0.4) is 0 Å². The van der Waals surface area contributed by atoms with E-state index in [1.165, 1.54) is 18.2 Å². The minimum Gasteiger partial charge on any atom is -0.336 e. The van der Waals surface area contributed by atoms with Gasteiger partial charge in [-0.1, -0.05) is 53.5 Å². The Morgan fingerprint density at radius 2 is 1.59 bits per heavy atom. The number of halogens is 2. The van der Waals surface area contributed by atoms with E-state index in [-0.39, 0.29) is 21.5 Å². The summed E-state index contributed by atoms with van der Waals surface area (Å²) in [5.41, 5.74) is 0.568. The molecule has 0 spiro atoms. The van der Waals surface area contributed by atoms with Gasteiger partial charge in [0.25, 0.3) is 0 Å². The molecule has 0 N–H and O–H groups in total. The molecule has 0 bridgehead atoms. The normalized spacial score (nSPS) is 13.6. The molecule has 0 aliphatic carbocycles. The minimum atomic E-state index is -3.82. The number of hydrogen-bond acceptors (Lipinski definition) is 4. The number of hydrogen-bond donors (Lipinski definition) is 0. The van der Waals surface area contributed by atoms with Crippen molar-refractivity contribution in [2.75, 3.05) is 0 Å². The van der Waals surface area contributed by atoms with E-state index in [2.05, 4.69) is 4.98 Å². The Hall–Kier alpha value is -2.45. The van der Waals surface area contributed by atoms with Crippen molar-refractivity contribution in [1.29, 1.82) is 0 Å². The zero-order valence-electron chi connectivity index (χ0n) is 16.6. The highest BCUT2D eigenvalue weighted by molar-refractivity contribution is 7.91. The van der Waals surface area contributed by atoms with Gasteiger partial charge in [-0.15, -0.1) is 0 Å². The van der Waals surface area contributed by atoms with Gasteiger partial charge in [0.2, 0.25) is 0 Å². The summed E-state index contributed by atoms with van der Waals surface area (Å²) in [4.78, 5) is 5.36. The van der Waals surface area contributed by atoms with Gasteiger partial charge in [-0.2, -0.15) is 0 Å². The Morgan fingerprint density at radius 3 is 2.22 bits per heavy atom. The molecule has 0 fully saturated rings. The van der Waals surface area contributed by atoms with Crippen molar-refractivity contribution in [3.8, 4) is 0 Å². The van der Waals surface area contributed by atoms with E-state index in [9.17, 15) is 12.6 Å². The van der Waals surface area contributed by atoms with E-state index in [1.807, 2.05) is 18.2 Å². The highest BCUT2D eigenvalue weighted by Crippen LogP contribution is 2.34. The largest absolute Gasteiger partial charge is 0.336 e. The Morgan fingerprint density at radius 1 is 0.906 bits per heavy atom. The second-order valence-electron chi connectivity index (χ2n) is 7.02. The van der Waals surface area contributed by atoms with Gasteiger partial charge in [-0.25, -0.2) is 17.6 Å². The van der Waals surface area contributed by atoms with Crippen molar-refractivity contribution in [3.05, 3.63) is 107 Å². The van der Waals surface area contributed by atoms with Gasteiger partial charge in [-0.3, -0.25) is 0 Å². The van der Waals surface area contributed by atoms with Crippen molar-refractivity contribution in [3.63, 3.8) is 0 Å². The molecule has 5 nitrogen and oxygen atoms in total. The maximum atomic E-state index is 13.6. The molecule has 0 amide bonds. The van der Waals surface area contributed by atoms with Crippen molar-refractivity contribution >= 4 is 43.8 Å². The van der Waals surface area contributed by atoms with Crippen molar-refractivity contribution < 1.29 is 12.6 Å². The van der Waals surface area contributed by atoms with E-state index in [0.717, 1.165) is 0 Å². The van der Waals surface area contributed by atoms with Crippen molar-refractivity contribution in [1.82, 2.24) is 9.55 Å². The van der Waals surface area contributed by atoms with Gasteiger partial charge < -0.3 is 4.57 Å². The number of nitrogens with zero attached hydrogens (tertiary/aromatic N) is 2. The highest BCUT2D eigenvalue weighted by atomic mass is 35.5. The summed E-state index contributed by atoms with van der Waals surface area (Å²) in [5.74, 6) is 0. The Bertz CT molecular complexity index is 1340. The number of sulfone groups is 1. The fraction of sp³-hybridized carbons (Fsp3) is 0.0870. The van der Waals surface area contributed by atoms with Crippen LogP contribution < -0.4 is 0 Å². The molecule has 9 heteroatoms. The molecule has 3 aromatic carbocycles. The first kappa shape index (κ1) is 22.7. The Labute approximate surface area is 199 Å². The van der Waals surface area contributed by atoms with Crippen molar-refractivity contribution in [2.24, 2.45) is 0 Å². The third kappa shape index (κ3) is 4.81. The number of rotatable bonds is 7. The molecule has 4 aromatic rings. The lowest BCUT2D eigenvalue weighted by molar-refractivity contribution is 0.562. The summed E-state index contributed by atoms with van der Waals surface area (Å²) in [6.07, 6.45) is 4.86. The van der Waals surface area contributed by atoms with Crippen LogP contribution in [0.15, 0.2) is 106 Å². The van der Waals surface area contributed by atoms with E-state index in [1.54, 1.807) is 59.7 Å². The van der Waals surface area contributed by atoms with Crippen LogP contribution in [0.1, 0.15) is 10.8 Å². The van der Waals surface area contributed by atoms with Crippen molar-refractivity contribution in [2.45, 2.75) is 26.5 Å². The first-order chi connectivity index (χ1) is 15.4. The lowest BCUT2D eigenvalue weighted by atomic mass is 10.1. The smallest absolute Gasteiger partial charge is 0.187 e. The van der Waals surface area contributed by atoms with E-state index < -0.39 is 25.9 Å². The minimum absolute atomic E-state index is 0.0777. The molecule has 4 rings (SSSR count). The predicted octanol–water partition coefficient (Wildman–Crippen LogP) is 5.57. The summed E-state index contributed by atoms with van der Waals surface area (Å²) in [5, 5.41) is -0.458. The lowest BCUT2D eigenvalue weighted by Gasteiger charge is -2.19. The monoisotopic (exact) mass is 504 g/mol. The number of imidazole rings is 1. The first-order valence-electron chi connectivity index (χ1n) is 9.58. The predicted molar refractivity (Wildman–Crippen MR) is 126 cm³/mol. The molecule has 0 saturated carbocycles. The number of benzene rings is 3.